The van der Waals surface area contributed by atoms with Gasteiger partial charge in [-0.1, -0.05) is 0 Å². The number of halogens is 4. The Morgan fingerprint density at radius 2 is 1.85 bits per heavy atom. The molecule has 0 bridgehead atoms. The third-order valence-electron chi connectivity index (χ3n) is 2.67. The highest BCUT2D eigenvalue weighted by molar-refractivity contribution is 6.18. The number of alkyl halides is 4. The standard InChI is InChI=1S/C13H15ClF3NO2/c1-20-9-8-18(7-6-14)12(19)10-2-4-11(5-3-10)13(15,16)17/h2-5H,6-9H2,1H3. The van der Waals surface area contributed by atoms with E-state index in [0.717, 1.165) is 12.1 Å². The van der Waals surface area contributed by atoms with Crippen LogP contribution in [0.1, 0.15) is 15.9 Å². The average molecular weight is 310 g/mol. The van der Waals surface area contributed by atoms with Crippen LogP contribution in [0.15, 0.2) is 24.3 Å². The maximum atomic E-state index is 12.4. The number of hydrogen-bond donors (Lipinski definition) is 0. The van der Waals surface area contributed by atoms with E-state index in [4.69, 9.17) is 16.3 Å². The van der Waals surface area contributed by atoms with Crippen LogP contribution in [0.5, 0.6) is 0 Å². The Morgan fingerprint density at radius 1 is 1.25 bits per heavy atom. The maximum absolute atomic E-state index is 12.4. The molecular weight excluding hydrogens is 295 g/mol. The van der Waals surface area contributed by atoms with Crippen molar-refractivity contribution in [2.75, 3.05) is 32.7 Å². The number of carbonyl (C=O) groups is 1. The molecule has 0 saturated heterocycles. The molecular formula is C13H15ClF3NO2. The van der Waals surface area contributed by atoms with Gasteiger partial charge in [0.25, 0.3) is 5.91 Å². The van der Waals surface area contributed by atoms with Crippen molar-refractivity contribution < 1.29 is 22.7 Å². The van der Waals surface area contributed by atoms with E-state index in [1.165, 1.54) is 24.1 Å². The summed E-state index contributed by atoms with van der Waals surface area (Å²) < 4.78 is 42.2. The summed E-state index contributed by atoms with van der Waals surface area (Å²) in [6, 6.07) is 4.11. The van der Waals surface area contributed by atoms with Gasteiger partial charge in [0.1, 0.15) is 0 Å². The highest BCUT2D eigenvalue weighted by Gasteiger charge is 2.30. The first-order valence-corrected chi connectivity index (χ1v) is 6.45. The summed E-state index contributed by atoms with van der Waals surface area (Å²) in [6.07, 6.45) is -4.41. The summed E-state index contributed by atoms with van der Waals surface area (Å²) in [4.78, 5) is 13.6. The molecule has 0 saturated carbocycles. The van der Waals surface area contributed by atoms with Crippen molar-refractivity contribution in [1.82, 2.24) is 4.90 Å². The highest BCUT2D eigenvalue weighted by atomic mass is 35.5. The molecule has 1 aromatic carbocycles. The number of benzene rings is 1. The molecule has 0 unspecified atom stereocenters. The molecule has 0 radical (unpaired) electrons. The van der Waals surface area contributed by atoms with Gasteiger partial charge in [0, 0.05) is 31.6 Å². The predicted molar refractivity (Wildman–Crippen MR) is 69.9 cm³/mol. The summed E-state index contributed by atoms with van der Waals surface area (Å²) in [5.74, 6) is -0.118. The van der Waals surface area contributed by atoms with Crippen LogP contribution in [0.2, 0.25) is 0 Å². The molecule has 1 rings (SSSR count). The van der Waals surface area contributed by atoms with Crippen molar-refractivity contribution in [3.05, 3.63) is 35.4 Å². The molecule has 0 aromatic heterocycles. The maximum Gasteiger partial charge on any atom is 0.416 e. The minimum Gasteiger partial charge on any atom is -0.383 e. The van der Waals surface area contributed by atoms with E-state index in [1.807, 2.05) is 0 Å². The lowest BCUT2D eigenvalue weighted by Gasteiger charge is -2.21. The van der Waals surface area contributed by atoms with Crippen LogP contribution in [0.25, 0.3) is 0 Å². The fourth-order valence-corrected chi connectivity index (χ4v) is 1.81. The second kappa shape index (κ2) is 7.50. The second-order valence-corrected chi connectivity index (χ2v) is 4.43. The summed E-state index contributed by atoms with van der Waals surface area (Å²) in [7, 11) is 1.50. The van der Waals surface area contributed by atoms with E-state index in [1.54, 1.807) is 0 Å². The van der Waals surface area contributed by atoms with Crippen LogP contribution < -0.4 is 0 Å². The zero-order chi connectivity index (χ0) is 15.2. The fraction of sp³-hybridized carbons (Fsp3) is 0.462. The molecule has 3 nitrogen and oxygen atoms in total. The number of ether oxygens (including phenoxy) is 1. The monoisotopic (exact) mass is 309 g/mol. The fourth-order valence-electron chi connectivity index (χ4n) is 1.60. The quantitative estimate of drug-likeness (QED) is 0.756. The first-order chi connectivity index (χ1) is 9.40. The molecule has 7 heteroatoms. The Kier molecular flexibility index (Phi) is 6.29. The van der Waals surface area contributed by atoms with Crippen molar-refractivity contribution in [3.8, 4) is 0 Å². The molecule has 112 valence electrons. The topological polar surface area (TPSA) is 29.5 Å². The predicted octanol–water partition coefficient (Wildman–Crippen LogP) is 3.03. The molecule has 20 heavy (non-hydrogen) atoms. The molecule has 0 aliphatic heterocycles. The lowest BCUT2D eigenvalue weighted by molar-refractivity contribution is -0.137. The van der Waals surface area contributed by atoms with Gasteiger partial charge >= 0.3 is 6.18 Å². The normalized spacial score (nSPS) is 11.4. The van der Waals surface area contributed by atoms with Gasteiger partial charge in [-0.3, -0.25) is 4.79 Å². The molecule has 1 amide bonds. The SMILES string of the molecule is COCCN(CCCl)C(=O)c1ccc(C(F)(F)F)cc1. The number of nitrogens with zero attached hydrogens (tertiary/aromatic N) is 1. The first kappa shape index (κ1) is 16.8. The van der Waals surface area contributed by atoms with Gasteiger partial charge in [-0.15, -0.1) is 11.6 Å². The van der Waals surface area contributed by atoms with Crippen LogP contribution in [0.4, 0.5) is 13.2 Å². The number of carbonyl (C=O) groups excluding carboxylic acids is 1. The van der Waals surface area contributed by atoms with E-state index in [-0.39, 0.29) is 17.4 Å². The zero-order valence-corrected chi connectivity index (χ0v) is 11.7. The van der Waals surface area contributed by atoms with Gasteiger partial charge in [-0.05, 0) is 24.3 Å². The van der Waals surface area contributed by atoms with Crippen LogP contribution in [0.3, 0.4) is 0 Å². The Morgan fingerprint density at radius 3 is 2.30 bits per heavy atom. The number of rotatable bonds is 6. The Hall–Kier alpha value is -1.27. The average Bonchev–Trinajstić information content (AvgIpc) is 2.42. The minimum atomic E-state index is -4.41. The Bertz CT molecular complexity index is 434. The number of hydrogen-bond acceptors (Lipinski definition) is 2. The molecule has 0 atom stereocenters. The molecule has 0 spiro atoms. The highest BCUT2D eigenvalue weighted by Crippen LogP contribution is 2.29. The molecule has 1 aromatic rings. The largest absolute Gasteiger partial charge is 0.416 e. The smallest absolute Gasteiger partial charge is 0.383 e. The van der Waals surface area contributed by atoms with Crippen molar-refractivity contribution in [2.45, 2.75) is 6.18 Å². The van der Waals surface area contributed by atoms with E-state index in [9.17, 15) is 18.0 Å². The van der Waals surface area contributed by atoms with Crippen LogP contribution >= 0.6 is 11.6 Å². The summed E-state index contributed by atoms with van der Waals surface area (Å²) >= 11 is 5.61. The molecule has 0 aliphatic rings. The van der Waals surface area contributed by atoms with Crippen LogP contribution in [-0.4, -0.2) is 43.5 Å². The zero-order valence-electron chi connectivity index (χ0n) is 10.9. The summed E-state index contributed by atoms with van der Waals surface area (Å²) in [6.45, 7) is 0.983. The van der Waals surface area contributed by atoms with Gasteiger partial charge < -0.3 is 9.64 Å². The summed E-state index contributed by atoms with van der Waals surface area (Å²) in [5.41, 5.74) is -0.589. The Balaban J connectivity index is 2.83. The second-order valence-electron chi connectivity index (χ2n) is 4.05. The van der Waals surface area contributed by atoms with Crippen molar-refractivity contribution in [3.63, 3.8) is 0 Å². The molecule has 0 fully saturated rings. The molecule has 0 aliphatic carbocycles. The lowest BCUT2D eigenvalue weighted by atomic mass is 10.1. The van der Waals surface area contributed by atoms with Gasteiger partial charge in [0.15, 0.2) is 0 Å². The third kappa shape index (κ3) is 4.68. The van der Waals surface area contributed by atoms with E-state index in [2.05, 4.69) is 0 Å². The Labute approximate surface area is 120 Å². The van der Waals surface area contributed by atoms with Gasteiger partial charge in [0.2, 0.25) is 0 Å². The van der Waals surface area contributed by atoms with Gasteiger partial charge in [-0.25, -0.2) is 0 Å². The lowest BCUT2D eigenvalue weighted by Crippen LogP contribution is -2.35. The third-order valence-corrected chi connectivity index (χ3v) is 2.84. The van der Waals surface area contributed by atoms with Gasteiger partial charge in [0.05, 0.1) is 12.2 Å². The van der Waals surface area contributed by atoms with E-state index in [0.29, 0.717) is 19.7 Å². The number of methoxy groups -OCH3 is 1. The summed E-state index contributed by atoms with van der Waals surface area (Å²) in [5, 5.41) is 0. The van der Waals surface area contributed by atoms with E-state index >= 15 is 0 Å². The molecule has 0 N–H and O–H groups in total. The van der Waals surface area contributed by atoms with Crippen molar-refractivity contribution >= 4 is 17.5 Å². The van der Waals surface area contributed by atoms with Crippen molar-refractivity contribution in [2.24, 2.45) is 0 Å². The van der Waals surface area contributed by atoms with E-state index < -0.39 is 11.7 Å². The number of amides is 1. The molecule has 0 heterocycles. The minimum absolute atomic E-state index is 0.194. The first-order valence-electron chi connectivity index (χ1n) is 5.91. The van der Waals surface area contributed by atoms with Gasteiger partial charge in [-0.2, -0.15) is 13.2 Å². The van der Waals surface area contributed by atoms with Crippen LogP contribution in [-0.2, 0) is 10.9 Å². The van der Waals surface area contributed by atoms with Crippen LogP contribution in [0, 0.1) is 0 Å². The van der Waals surface area contributed by atoms with Crippen molar-refractivity contribution in [1.29, 1.82) is 0 Å².